The number of nitrogens with zero attached hydrogens (tertiary/aromatic N) is 2. The van der Waals surface area contributed by atoms with E-state index in [2.05, 4.69) is 26.1 Å². The lowest BCUT2D eigenvalue weighted by atomic mass is 9.81. The van der Waals surface area contributed by atoms with E-state index in [1.807, 2.05) is 13.8 Å². The molecule has 1 N–H and O–H groups in total. The zero-order valence-corrected chi connectivity index (χ0v) is 18.7. The molecule has 0 spiro atoms. The minimum Gasteiger partial charge on any atom is -0.464 e. The number of aromatic nitrogens is 2. The molecule has 1 aromatic heterocycles. The van der Waals surface area contributed by atoms with Crippen molar-refractivity contribution in [3.63, 3.8) is 0 Å². The van der Waals surface area contributed by atoms with Crippen molar-refractivity contribution in [3.8, 4) is 0 Å². The molecule has 0 bridgehead atoms. The van der Waals surface area contributed by atoms with E-state index in [0.29, 0.717) is 11.5 Å². The van der Waals surface area contributed by atoms with Crippen molar-refractivity contribution in [1.82, 2.24) is 14.7 Å². The van der Waals surface area contributed by atoms with Gasteiger partial charge in [0.05, 0.1) is 13.2 Å². The summed E-state index contributed by atoms with van der Waals surface area (Å²) in [6.45, 7) is 15.8. The van der Waals surface area contributed by atoms with Crippen LogP contribution in [0, 0.1) is 12.3 Å². The van der Waals surface area contributed by atoms with E-state index < -0.39 is 23.5 Å². The van der Waals surface area contributed by atoms with Crippen molar-refractivity contribution in [3.05, 3.63) is 27.7 Å². The van der Waals surface area contributed by atoms with Gasteiger partial charge in [0.2, 0.25) is 0 Å². The largest absolute Gasteiger partial charge is 0.464 e. The van der Waals surface area contributed by atoms with Gasteiger partial charge in [-0.25, -0.2) is 19.0 Å². The van der Waals surface area contributed by atoms with Gasteiger partial charge in [0.25, 0.3) is 5.56 Å². The fourth-order valence-electron chi connectivity index (χ4n) is 4.13. The smallest absolute Gasteiger partial charge is 0.340 e. The molecule has 1 atom stereocenters. The Morgan fingerprint density at radius 3 is 2.21 bits per heavy atom. The Balaban J connectivity index is 2.69. The van der Waals surface area contributed by atoms with Crippen LogP contribution in [-0.2, 0) is 19.1 Å². The standard InChI is InChI=1S/C21H33N3O5/c1-9-28-18(26)15-16(19(27)29-10-2)24-14(25)11-13(3)23(24)17(15)22-21(7,8)12-20(4,5)6/h11,16,22H,9-10,12H2,1-8H3. The second kappa shape index (κ2) is 8.08. The fourth-order valence-corrected chi connectivity index (χ4v) is 4.13. The number of aryl methyl sites for hydroxylation is 1. The molecule has 0 aromatic carbocycles. The maximum atomic E-state index is 12.9. The van der Waals surface area contributed by atoms with Gasteiger partial charge in [-0.3, -0.25) is 4.79 Å². The third kappa shape index (κ3) is 4.74. The molecule has 0 saturated heterocycles. The number of carbonyl (C=O) groups is 2. The van der Waals surface area contributed by atoms with Gasteiger partial charge in [0.15, 0.2) is 6.04 Å². The normalized spacial score (nSPS) is 16.6. The Bertz CT molecular complexity index is 883. The van der Waals surface area contributed by atoms with Gasteiger partial charge in [-0.2, -0.15) is 0 Å². The zero-order valence-electron chi connectivity index (χ0n) is 18.7. The van der Waals surface area contributed by atoms with Gasteiger partial charge in [-0.1, -0.05) is 20.8 Å². The Morgan fingerprint density at radius 2 is 1.69 bits per heavy atom. The summed E-state index contributed by atoms with van der Waals surface area (Å²) in [5, 5.41) is 3.41. The van der Waals surface area contributed by atoms with Gasteiger partial charge in [0, 0.05) is 17.3 Å². The van der Waals surface area contributed by atoms with E-state index in [1.165, 1.54) is 10.7 Å². The predicted octanol–water partition coefficient (Wildman–Crippen LogP) is 2.61. The van der Waals surface area contributed by atoms with Crippen LogP contribution in [-0.4, -0.2) is 40.1 Å². The van der Waals surface area contributed by atoms with E-state index in [0.717, 1.165) is 6.42 Å². The first kappa shape index (κ1) is 22.8. The summed E-state index contributed by atoms with van der Waals surface area (Å²) in [4.78, 5) is 38.3. The molecule has 0 saturated carbocycles. The maximum Gasteiger partial charge on any atom is 0.340 e. The summed E-state index contributed by atoms with van der Waals surface area (Å²) in [6, 6.07) is 0.246. The summed E-state index contributed by atoms with van der Waals surface area (Å²) in [5.74, 6) is -0.924. The summed E-state index contributed by atoms with van der Waals surface area (Å²) in [7, 11) is 0. The molecule has 2 rings (SSSR count). The highest BCUT2D eigenvalue weighted by Gasteiger charge is 2.45. The lowest BCUT2D eigenvalue weighted by Gasteiger charge is -2.35. The SMILES string of the molecule is CCOC(=O)C1=C(NC(C)(C)CC(C)(C)C)n2c(C)cc(=O)n2C1C(=O)OCC. The van der Waals surface area contributed by atoms with Crippen LogP contribution in [0.3, 0.4) is 0 Å². The first-order valence-electron chi connectivity index (χ1n) is 10.0. The molecule has 2 heterocycles. The van der Waals surface area contributed by atoms with Crippen molar-refractivity contribution in [1.29, 1.82) is 0 Å². The number of hydrogen-bond acceptors (Lipinski definition) is 6. The molecule has 8 nitrogen and oxygen atoms in total. The molecule has 0 aliphatic carbocycles. The average Bonchev–Trinajstić information content (AvgIpc) is 3.01. The molecule has 0 radical (unpaired) electrons. The fraction of sp³-hybridized carbons (Fsp3) is 0.667. The van der Waals surface area contributed by atoms with Gasteiger partial charge in [-0.15, -0.1) is 0 Å². The molecule has 0 fully saturated rings. The second-order valence-electron chi connectivity index (χ2n) is 9.16. The number of hydrogen-bond donors (Lipinski definition) is 1. The summed E-state index contributed by atoms with van der Waals surface area (Å²) in [6.07, 6.45) is 0.786. The van der Waals surface area contributed by atoms with E-state index in [4.69, 9.17) is 9.47 Å². The molecular weight excluding hydrogens is 374 g/mol. The molecular formula is C21H33N3O5. The number of rotatable bonds is 7. The molecule has 29 heavy (non-hydrogen) atoms. The predicted molar refractivity (Wildman–Crippen MR) is 110 cm³/mol. The van der Waals surface area contributed by atoms with Crippen LogP contribution in [0.2, 0.25) is 0 Å². The molecule has 1 aliphatic heterocycles. The number of esters is 2. The third-order valence-corrected chi connectivity index (χ3v) is 4.53. The zero-order chi connectivity index (χ0) is 22.1. The van der Waals surface area contributed by atoms with Crippen molar-refractivity contribution >= 4 is 17.8 Å². The van der Waals surface area contributed by atoms with Crippen molar-refractivity contribution in [2.45, 2.75) is 73.4 Å². The minimum atomic E-state index is -1.19. The van der Waals surface area contributed by atoms with Crippen LogP contribution in [0.4, 0.5) is 0 Å². The van der Waals surface area contributed by atoms with Crippen molar-refractivity contribution in [2.75, 3.05) is 13.2 Å². The van der Waals surface area contributed by atoms with Crippen LogP contribution in [0.15, 0.2) is 16.4 Å². The van der Waals surface area contributed by atoms with Crippen LogP contribution in [0.5, 0.6) is 0 Å². The Morgan fingerprint density at radius 1 is 1.10 bits per heavy atom. The van der Waals surface area contributed by atoms with Gasteiger partial charge < -0.3 is 14.8 Å². The molecule has 1 aromatic rings. The minimum absolute atomic E-state index is 0.0195. The molecule has 0 amide bonds. The average molecular weight is 408 g/mol. The lowest BCUT2D eigenvalue weighted by Crippen LogP contribution is -2.43. The molecule has 8 heteroatoms. The van der Waals surface area contributed by atoms with Crippen LogP contribution in [0.1, 0.15) is 66.6 Å². The van der Waals surface area contributed by atoms with E-state index >= 15 is 0 Å². The number of ether oxygens (including phenoxy) is 2. The number of nitrogens with one attached hydrogen (secondary N) is 1. The van der Waals surface area contributed by atoms with Gasteiger partial charge in [0.1, 0.15) is 11.4 Å². The van der Waals surface area contributed by atoms with Crippen LogP contribution < -0.4 is 10.9 Å². The highest BCUT2D eigenvalue weighted by molar-refractivity contribution is 6.02. The van der Waals surface area contributed by atoms with Gasteiger partial charge in [-0.05, 0) is 46.5 Å². The highest BCUT2D eigenvalue weighted by Crippen LogP contribution is 2.35. The topological polar surface area (TPSA) is 91.6 Å². The number of fused-ring (bicyclic) bond motifs is 1. The Kier molecular flexibility index (Phi) is 6.35. The first-order valence-corrected chi connectivity index (χ1v) is 10.0. The lowest BCUT2D eigenvalue weighted by molar-refractivity contribution is -0.149. The van der Waals surface area contributed by atoms with E-state index in [-0.39, 0.29) is 29.8 Å². The quantitative estimate of drug-likeness (QED) is 0.699. The molecule has 162 valence electrons. The summed E-state index contributed by atoms with van der Waals surface area (Å²) in [5.41, 5.74) is -0.0865. The third-order valence-electron chi connectivity index (χ3n) is 4.53. The monoisotopic (exact) mass is 407 g/mol. The Hall–Kier alpha value is -2.51. The van der Waals surface area contributed by atoms with Crippen molar-refractivity contribution in [2.24, 2.45) is 5.41 Å². The summed E-state index contributed by atoms with van der Waals surface area (Å²) >= 11 is 0. The summed E-state index contributed by atoms with van der Waals surface area (Å²) < 4.78 is 13.3. The van der Waals surface area contributed by atoms with E-state index in [9.17, 15) is 14.4 Å². The second-order valence-corrected chi connectivity index (χ2v) is 9.16. The van der Waals surface area contributed by atoms with Gasteiger partial charge >= 0.3 is 11.9 Å². The molecule has 1 aliphatic rings. The van der Waals surface area contributed by atoms with Crippen LogP contribution in [0.25, 0.3) is 5.82 Å². The van der Waals surface area contributed by atoms with E-state index in [1.54, 1.807) is 25.5 Å². The highest BCUT2D eigenvalue weighted by atomic mass is 16.5. The Labute approximate surface area is 171 Å². The molecule has 1 unspecified atom stereocenters. The maximum absolute atomic E-state index is 12.9. The van der Waals surface area contributed by atoms with Crippen LogP contribution >= 0.6 is 0 Å². The number of carbonyl (C=O) groups excluding carboxylic acids is 2. The van der Waals surface area contributed by atoms with Crippen molar-refractivity contribution < 1.29 is 19.1 Å². The first-order chi connectivity index (χ1) is 13.3.